The van der Waals surface area contributed by atoms with Crippen LogP contribution in [0.1, 0.15) is 26.1 Å². The van der Waals surface area contributed by atoms with Crippen molar-refractivity contribution in [3.8, 4) is 0 Å². The molecule has 15 heavy (non-hydrogen) atoms. The van der Waals surface area contributed by atoms with E-state index in [1.807, 2.05) is 20.2 Å². The molecule has 84 valence electrons. The van der Waals surface area contributed by atoms with E-state index in [4.69, 9.17) is 0 Å². The van der Waals surface area contributed by atoms with Crippen molar-refractivity contribution in [2.24, 2.45) is 0 Å². The summed E-state index contributed by atoms with van der Waals surface area (Å²) in [5, 5.41) is 3.07. The highest BCUT2D eigenvalue weighted by molar-refractivity contribution is 5.48. The highest BCUT2D eigenvalue weighted by Crippen LogP contribution is 2.14. The van der Waals surface area contributed by atoms with Gasteiger partial charge in [0.15, 0.2) is 0 Å². The van der Waals surface area contributed by atoms with Crippen LogP contribution in [0.25, 0.3) is 0 Å². The number of aromatic nitrogens is 2. The highest BCUT2D eigenvalue weighted by Gasteiger charge is 2.05. The summed E-state index contributed by atoms with van der Waals surface area (Å²) >= 11 is 0. The quantitative estimate of drug-likeness (QED) is 0.802. The Balaban J connectivity index is 2.99. The Labute approximate surface area is 91.7 Å². The summed E-state index contributed by atoms with van der Waals surface area (Å²) in [6, 6.07) is 1.97. The molecule has 4 heteroatoms. The molecular formula is C11H20N4. The summed E-state index contributed by atoms with van der Waals surface area (Å²) < 4.78 is 0. The van der Waals surface area contributed by atoms with E-state index in [0.29, 0.717) is 0 Å². The Bertz CT molecular complexity index is 311. The minimum absolute atomic E-state index is 0.892. The molecule has 1 aromatic rings. The lowest BCUT2D eigenvalue weighted by Crippen LogP contribution is -2.18. The molecule has 4 nitrogen and oxygen atoms in total. The minimum atomic E-state index is 0.892. The normalized spacial score (nSPS) is 10.1. The standard InChI is InChI=1S/C11H20N4/c1-5-7-9-13-10(12-3)8-11(14-9)15(4)6-2/h8H,5-7H2,1-4H3,(H,12,13,14). The van der Waals surface area contributed by atoms with Crippen LogP contribution in [0.2, 0.25) is 0 Å². The average Bonchev–Trinajstić information content (AvgIpc) is 2.28. The van der Waals surface area contributed by atoms with Crippen LogP contribution in [0.3, 0.4) is 0 Å². The largest absolute Gasteiger partial charge is 0.373 e. The lowest BCUT2D eigenvalue weighted by Gasteiger charge is -2.17. The first-order valence-corrected chi connectivity index (χ1v) is 5.48. The molecule has 0 spiro atoms. The smallest absolute Gasteiger partial charge is 0.134 e. The van der Waals surface area contributed by atoms with Gasteiger partial charge in [0.25, 0.3) is 0 Å². The van der Waals surface area contributed by atoms with E-state index in [1.165, 1.54) is 0 Å². The molecule has 0 aliphatic rings. The van der Waals surface area contributed by atoms with Crippen LogP contribution in [-0.4, -0.2) is 30.6 Å². The summed E-state index contributed by atoms with van der Waals surface area (Å²) in [4.78, 5) is 11.0. The van der Waals surface area contributed by atoms with Gasteiger partial charge >= 0.3 is 0 Å². The van der Waals surface area contributed by atoms with Gasteiger partial charge in [0, 0.05) is 33.1 Å². The third-order valence-corrected chi connectivity index (χ3v) is 2.35. The third kappa shape index (κ3) is 3.08. The maximum Gasteiger partial charge on any atom is 0.134 e. The molecule has 1 N–H and O–H groups in total. The molecule has 0 amide bonds. The number of aryl methyl sites for hydroxylation is 1. The minimum Gasteiger partial charge on any atom is -0.373 e. The molecule has 0 fully saturated rings. The fraction of sp³-hybridized carbons (Fsp3) is 0.636. The predicted molar refractivity (Wildman–Crippen MR) is 64.5 cm³/mol. The van der Waals surface area contributed by atoms with E-state index in [2.05, 4.69) is 34.0 Å². The van der Waals surface area contributed by atoms with Crippen molar-refractivity contribution >= 4 is 11.6 Å². The summed E-state index contributed by atoms with van der Waals surface area (Å²) in [5.41, 5.74) is 0. The van der Waals surface area contributed by atoms with Gasteiger partial charge in [0.05, 0.1) is 0 Å². The summed E-state index contributed by atoms with van der Waals surface area (Å²) in [7, 11) is 3.92. The molecule has 0 atom stereocenters. The summed E-state index contributed by atoms with van der Waals surface area (Å²) in [6.07, 6.45) is 2.00. The topological polar surface area (TPSA) is 41.1 Å². The van der Waals surface area contributed by atoms with E-state index >= 15 is 0 Å². The fourth-order valence-corrected chi connectivity index (χ4v) is 1.30. The van der Waals surface area contributed by atoms with Gasteiger partial charge in [-0.05, 0) is 13.3 Å². The average molecular weight is 208 g/mol. The molecule has 1 heterocycles. The van der Waals surface area contributed by atoms with E-state index in [-0.39, 0.29) is 0 Å². The van der Waals surface area contributed by atoms with Gasteiger partial charge in [-0.15, -0.1) is 0 Å². The first-order chi connectivity index (χ1) is 7.21. The molecule has 1 aromatic heterocycles. The summed E-state index contributed by atoms with van der Waals surface area (Å²) in [5.74, 6) is 2.80. The van der Waals surface area contributed by atoms with Crippen LogP contribution in [0.4, 0.5) is 11.6 Å². The van der Waals surface area contributed by atoms with Crippen LogP contribution in [0.15, 0.2) is 6.07 Å². The Hall–Kier alpha value is -1.32. The van der Waals surface area contributed by atoms with Gasteiger partial charge in [-0.25, -0.2) is 9.97 Å². The molecule has 0 aliphatic heterocycles. The van der Waals surface area contributed by atoms with Crippen LogP contribution >= 0.6 is 0 Å². The Morgan fingerprint density at radius 2 is 2.07 bits per heavy atom. The van der Waals surface area contributed by atoms with Crippen molar-refractivity contribution in [2.75, 3.05) is 30.9 Å². The number of rotatable bonds is 5. The fourth-order valence-electron chi connectivity index (χ4n) is 1.30. The molecule has 0 bridgehead atoms. The molecule has 0 aliphatic carbocycles. The van der Waals surface area contributed by atoms with Gasteiger partial charge in [-0.3, -0.25) is 0 Å². The van der Waals surface area contributed by atoms with E-state index in [0.717, 1.165) is 36.8 Å². The van der Waals surface area contributed by atoms with Gasteiger partial charge < -0.3 is 10.2 Å². The maximum absolute atomic E-state index is 4.52. The first-order valence-electron chi connectivity index (χ1n) is 5.48. The molecule has 0 unspecified atom stereocenters. The van der Waals surface area contributed by atoms with Crippen molar-refractivity contribution in [3.05, 3.63) is 11.9 Å². The van der Waals surface area contributed by atoms with Crippen LogP contribution in [-0.2, 0) is 6.42 Å². The zero-order valence-electron chi connectivity index (χ0n) is 10.0. The number of anilines is 2. The van der Waals surface area contributed by atoms with Crippen LogP contribution in [0, 0.1) is 0 Å². The number of nitrogens with one attached hydrogen (secondary N) is 1. The van der Waals surface area contributed by atoms with Gasteiger partial charge in [0.2, 0.25) is 0 Å². The Morgan fingerprint density at radius 3 is 2.60 bits per heavy atom. The number of hydrogen-bond donors (Lipinski definition) is 1. The third-order valence-electron chi connectivity index (χ3n) is 2.35. The van der Waals surface area contributed by atoms with Crippen molar-refractivity contribution in [1.29, 1.82) is 0 Å². The van der Waals surface area contributed by atoms with Crippen molar-refractivity contribution in [1.82, 2.24) is 9.97 Å². The van der Waals surface area contributed by atoms with Gasteiger partial charge in [-0.2, -0.15) is 0 Å². The van der Waals surface area contributed by atoms with Crippen molar-refractivity contribution in [2.45, 2.75) is 26.7 Å². The highest BCUT2D eigenvalue weighted by atomic mass is 15.2. The zero-order chi connectivity index (χ0) is 11.3. The SMILES string of the molecule is CCCc1nc(NC)cc(N(C)CC)n1. The predicted octanol–water partition coefficient (Wildman–Crippen LogP) is 1.93. The molecule has 0 saturated carbocycles. The van der Waals surface area contributed by atoms with Gasteiger partial charge in [-0.1, -0.05) is 6.92 Å². The Morgan fingerprint density at radius 1 is 1.33 bits per heavy atom. The second kappa shape index (κ2) is 5.53. The van der Waals surface area contributed by atoms with Crippen molar-refractivity contribution in [3.63, 3.8) is 0 Å². The second-order valence-corrected chi connectivity index (χ2v) is 3.54. The second-order valence-electron chi connectivity index (χ2n) is 3.54. The lowest BCUT2D eigenvalue weighted by atomic mass is 10.3. The zero-order valence-corrected chi connectivity index (χ0v) is 10.0. The van der Waals surface area contributed by atoms with Crippen LogP contribution < -0.4 is 10.2 Å². The molecular weight excluding hydrogens is 188 g/mol. The molecule has 1 rings (SSSR count). The number of hydrogen-bond acceptors (Lipinski definition) is 4. The van der Waals surface area contributed by atoms with Gasteiger partial charge in [0.1, 0.15) is 17.5 Å². The van der Waals surface area contributed by atoms with Crippen LogP contribution in [0.5, 0.6) is 0 Å². The van der Waals surface area contributed by atoms with E-state index < -0.39 is 0 Å². The van der Waals surface area contributed by atoms with E-state index in [1.54, 1.807) is 0 Å². The monoisotopic (exact) mass is 208 g/mol. The summed E-state index contributed by atoms with van der Waals surface area (Å²) in [6.45, 7) is 5.20. The first kappa shape index (κ1) is 11.8. The number of nitrogens with zero attached hydrogens (tertiary/aromatic N) is 3. The molecule has 0 saturated heterocycles. The maximum atomic E-state index is 4.52. The Kier molecular flexibility index (Phi) is 4.34. The lowest BCUT2D eigenvalue weighted by molar-refractivity contribution is 0.820. The van der Waals surface area contributed by atoms with Crippen molar-refractivity contribution < 1.29 is 0 Å². The van der Waals surface area contributed by atoms with E-state index in [9.17, 15) is 0 Å². The molecule has 0 aromatic carbocycles. The molecule has 0 radical (unpaired) electrons.